The van der Waals surface area contributed by atoms with Gasteiger partial charge in [-0.25, -0.2) is 22.7 Å². The summed E-state index contributed by atoms with van der Waals surface area (Å²) in [5.74, 6) is 0. The molecule has 3 aromatic rings. The van der Waals surface area contributed by atoms with Crippen LogP contribution in [0.5, 0.6) is 0 Å². The first-order chi connectivity index (χ1) is 16.1. The number of amides is 4. The predicted molar refractivity (Wildman–Crippen MR) is 134 cm³/mol. The summed E-state index contributed by atoms with van der Waals surface area (Å²) < 4.78 is 26.5. The Morgan fingerprint density at radius 3 is 2.09 bits per heavy atom. The molecule has 178 valence electrons. The molecule has 0 saturated carbocycles. The molecule has 8 nitrogen and oxygen atoms in total. The van der Waals surface area contributed by atoms with Gasteiger partial charge in [0, 0.05) is 22.9 Å². The fraction of sp³-hybridized carbons (Fsp3) is 0.167. The Balaban J connectivity index is 1.44. The van der Waals surface area contributed by atoms with E-state index in [1.165, 1.54) is 12.1 Å². The third kappa shape index (κ3) is 7.23. The molecule has 0 bridgehead atoms. The van der Waals surface area contributed by atoms with Gasteiger partial charge in [-0.2, -0.15) is 0 Å². The third-order valence-corrected chi connectivity index (χ3v) is 6.66. The van der Waals surface area contributed by atoms with E-state index in [2.05, 4.69) is 16.0 Å². The second-order valence-electron chi connectivity index (χ2n) is 7.66. The fourth-order valence-corrected chi connectivity index (χ4v) is 4.07. The maximum Gasteiger partial charge on any atom is 0.328 e. The van der Waals surface area contributed by atoms with Crippen LogP contribution in [-0.2, 0) is 16.4 Å². The van der Waals surface area contributed by atoms with Crippen molar-refractivity contribution in [2.75, 3.05) is 17.2 Å². The first kappa shape index (κ1) is 25.1. The van der Waals surface area contributed by atoms with E-state index in [0.29, 0.717) is 22.8 Å². The molecule has 3 aromatic carbocycles. The lowest BCUT2D eigenvalue weighted by atomic mass is 10.1. The van der Waals surface area contributed by atoms with Gasteiger partial charge in [0.05, 0.1) is 4.90 Å². The second-order valence-corrected chi connectivity index (χ2v) is 9.75. The van der Waals surface area contributed by atoms with Crippen molar-refractivity contribution in [1.29, 1.82) is 0 Å². The van der Waals surface area contributed by atoms with Gasteiger partial charge in [0.1, 0.15) is 0 Å². The summed E-state index contributed by atoms with van der Waals surface area (Å²) in [5, 5.41) is 8.64. The lowest BCUT2D eigenvalue weighted by Gasteiger charge is -2.10. The Morgan fingerprint density at radius 1 is 0.824 bits per heavy atom. The number of rotatable bonds is 7. The molecule has 0 atom stereocenters. The standard InChI is InChI=1S/C24H25ClN4O4S/c1-16-3-10-21(11-4-16)34(32,33)29-23(30)26-14-13-18-5-7-19(8-6-18)27-24(31)28-20-9-12-22(25)17(2)15-20/h3-12,15H,13-14H2,1-2H3,(H2,26,29,30)(H2,27,28,31). The fourth-order valence-electron chi connectivity index (χ4n) is 3.03. The highest BCUT2D eigenvalue weighted by molar-refractivity contribution is 7.90. The first-order valence-corrected chi connectivity index (χ1v) is 12.3. The highest BCUT2D eigenvalue weighted by atomic mass is 35.5. The number of halogens is 1. The number of anilines is 2. The van der Waals surface area contributed by atoms with Gasteiger partial charge in [-0.05, 0) is 73.9 Å². The van der Waals surface area contributed by atoms with Crippen molar-refractivity contribution in [3.05, 3.63) is 88.4 Å². The molecule has 34 heavy (non-hydrogen) atoms. The number of carbonyl (C=O) groups excluding carboxylic acids is 2. The molecule has 0 spiro atoms. The molecule has 0 unspecified atom stereocenters. The molecule has 4 N–H and O–H groups in total. The summed E-state index contributed by atoms with van der Waals surface area (Å²) in [4.78, 5) is 24.2. The molecule has 0 heterocycles. The Morgan fingerprint density at radius 2 is 1.44 bits per heavy atom. The van der Waals surface area contributed by atoms with Gasteiger partial charge in [0.2, 0.25) is 0 Å². The van der Waals surface area contributed by atoms with Gasteiger partial charge < -0.3 is 16.0 Å². The van der Waals surface area contributed by atoms with Crippen LogP contribution in [0.3, 0.4) is 0 Å². The van der Waals surface area contributed by atoms with Crippen molar-refractivity contribution in [2.24, 2.45) is 0 Å². The monoisotopic (exact) mass is 500 g/mol. The van der Waals surface area contributed by atoms with Crippen molar-refractivity contribution < 1.29 is 18.0 Å². The van der Waals surface area contributed by atoms with Crippen LogP contribution < -0.4 is 20.7 Å². The molecule has 0 aliphatic rings. The van der Waals surface area contributed by atoms with Crippen LogP contribution in [-0.4, -0.2) is 27.0 Å². The van der Waals surface area contributed by atoms with Gasteiger partial charge >= 0.3 is 12.1 Å². The minimum absolute atomic E-state index is 0.0200. The van der Waals surface area contributed by atoms with E-state index in [-0.39, 0.29) is 17.5 Å². The van der Waals surface area contributed by atoms with E-state index in [0.717, 1.165) is 16.7 Å². The molecule has 10 heteroatoms. The number of hydrogen-bond donors (Lipinski definition) is 4. The number of aryl methyl sites for hydroxylation is 2. The third-order valence-electron chi connectivity index (χ3n) is 4.89. The van der Waals surface area contributed by atoms with Crippen LogP contribution in [0.25, 0.3) is 0 Å². The van der Waals surface area contributed by atoms with E-state index in [1.54, 1.807) is 42.5 Å². The van der Waals surface area contributed by atoms with Crippen LogP contribution in [0.2, 0.25) is 5.02 Å². The SMILES string of the molecule is Cc1ccc(S(=O)(=O)NC(=O)NCCc2ccc(NC(=O)Nc3ccc(Cl)c(C)c3)cc2)cc1. The van der Waals surface area contributed by atoms with Crippen molar-refractivity contribution in [1.82, 2.24) is 10.0 Å². The number of carbonyl (C=O) groups is 2. The second kappa shape index (κ2) is 11.0. The number of hydrogen-bond acceptors (Lipinski definition) is 4. The summed E-state index contributed by atoms with van der Waals surface area (Å²) in [7, 11) is -3.93. The van der Waals surface area contributed by atoms with E-state index >= 15 is 0 Å². The number of urea groups is 2. The molecular weight excluding hydrogens is 476 g/mol. The van der Waals surface area contributed by atoms with E-state index in [4.69, 9.17) is 11.6 Å². The van der Waals surface area contributed by atoms with Crippen LogP contribution in [0, 0.1) is 13.8 Å². The zero-order chi connectivity index (χ0) is 24.7. The van der Waals surface area contributed by atoms with Gasteiger partial charge in [0.15, 0.2) is 0 Å². The minimum atomic E-state index is -3.93. The molecule has 0 saturated heterocycles. The summed E-state index contributed by atoms with van der Waals surface area (Å²) >= 11 is 5.99. The zero-order valence-electron chi connectivity index (χ0n) is 18.7. The Bertz CT molecular complexity index is 1280. The summed E-state index contributed by atoms with van der Waals surface area (Å²) in [6, 6.07) is 17.3. The molecular formula is C24H25ClN4O4S. The number of nitrogens with one attached hydrogen (secondary N) is 4. The van der Waals surface area contributed by atoms with Crippen molar-refractivity contribution in [3.8, 4) is 0 Å². The first-order valence-electron chi connectivity index (χ1n) is 10.4. The van der Waals surface area contributed by atoms with Crippen LogP contribution >= 0.6 is 11.6 Å². The molecule has 0 aliphatic carbocycles. The van der Waals surface area contributed by atoms with Gasteiger partial charge in [-0.3, -0.25) is 0 Å². The Hall–Kier alpha value is -3.56. The van der Waals surface area contributed by atoms with Crippen molar-refractivity contribution in [3.63, 3.8) is 0 Å². The van der Waals surface area contributed by atoms with Crippen LogP contribution in [0.4, 0.5) is 21.0 Å². The average molecular weight is 501 g/mol. The zero-order valence-corrected chi connectivity index (χ0v) is 20.3. The molecule has 0 radical (unpaired) electrons. The largest absolute Gasteiger partial charge is 0.337 e. The van der Waals surface area contributed by atoms with Gasteiger partial charge in [-0.15, -0.1) is 0 Å². The Kier molecular flexibility index (Phi) is 8.14. The Labute approximate surface area is 203 Å². The number of sulfonamides is 1. The minimum Gasteiger partial charge on any atom is -0.337 e. The summed E-state index contributed by atoms with van der Waals surface area (Å²) in [5.41, 5.74) is 3.91. The molecule has 3 rings (SSSR count). The maximum absolute atomic E-state index is 12.2. The van der Waals surface area contributed by atoms with E-state index < -0.39 is 16.1 Å². The lowest BCUT2D eigenvalue weighted by Crippen LogP contribution is -2.40. The number of benzene rings is 3. The summed E-state index contributed by atoms with van der Waals surface area (Å²) in [6.07, 6.45) is 0.481. The van der Waals surface area contributed by atoms with Gasteiger partial charge in [0.25, 0.3) is 10.0 Å². The van der Waals surface area contributed by atoms with Crippen LogP contribution in [0.15, 0.2) is 71.6 Å². The smallest absolute Gasteiger partial charge is 0.328 e. The highest BCUT2D eigenvalue weighted by Gasteiger charge is 2.16. The maximum atomic E-state index is 12.2. The highest BCUT2D eigenvalue weighted by Crippen LogP contribution is 2.19. The summed E-state index contributed by atoms with van der Waals surface area (Å²) in [6.45, 7) is 3.93. The molecule has 0 fully saturated rings. The van der Waals surface area contributed by atoms with E-state index in [1.807, 2.05) is 30.7 Å². The lowest BCUT2D eigenvalue weighted by molar-refractivity contribution is 0.246. The predicted octanol–water partition coefficient (Wildman–Crippen LogP) is 4.83. The van der Waals surface area contributed by atoms with E-state index in [9.17, 15) is 18.0 Å². The quantitative estimate of drug-likeness (QED) is 0.371. The molecule has 0 aliphatic heterocycles. The van der Waals surface area contributed by atoms with Crippen LogP contribution in [0.1, 0.15) is 16.7 Å². The normalized spacial score (nSPS) is 10.9. The topological polar surface area (TPSA) is 116 Å². The molecule has 0 aromatic heterocycles. The van der Waals surface area contributed by atoms with Crippen molar-refractivity contribution in [2.45, 2.75) is 25.2 Å². The van der Waals surface area contributed by atoms with Crippen molar-refractivity contribution >= 4 is 45.1 Å². The molecule has 4 amide bonds. The van der Waals surface area contributed by atoms with Gasteiger partial charge in [-0.1, -0.05) is 41.4 Å². The average Bonchev–Trinajstić information content (AvgIpc) is 2.77.